The zero-order valence-corrected chi connectivity index (χ0v) is 16.2. The molecular formula is C18H23N3O4S. The Morgan fingerprint density at radius 2 is 2.15 bits per heavy atom. The smallest absolute Gasteiger partial charge is 0.341 e. The summed E-state index contributed by atoms with van der Waals surface area (Å²) in [6.45, 7) is 7.26. The molecule has 0 fully saturated rings. The zero-order valence-electron chi connectivity index (χ0n) is 15.4. The van der Waals surface area contributed by atoms with Crippen molar-refractivity contribution in [3.63, 3.8) is 0 Å². The van der Waals surface area contributed by atoms with Gasteiger partial charge in [0, 0.05) is 23.6 Å². The average molecular weight is 377 g/mol. The number of pyridine rings is 1. The van der Waals surface area contributed by atoms with E-state index in [1.54, 1.807) is 18.3 Å². The summed E-state index contributed by atoms with van der Waals surface area (Å²) < 4.78 is 10.3. The number of rotatable bonds is 8. The third kappa shape index (κ3) is 5.32. The second-order valence-corrected chi connectivity index (χ2v) is 6.86. The summed E-state index contributed by atoms with van der Waals surface area (Å²) >= 11 is 1.40. The third-order valence-corrected chi connectivity index (χ3v) is 4.91. The van der Waals surface area contributed by atoms with Crippen LogP contribution in [0.3, 0.4) is 0 Å². The van der Waals surface area contributed by atoms with Gasteiger partial charge in [-0.25, -0.2) is 9.78 Å². The molecule has 2 rings (SSSR count). The lowest BCUT2D eigenvalue weighted by atomic mass is 10.2. The van der Waals surface area contributed by atoms with E-state index in [-0.39, 0.29) is 18.6 Å². The van der Waals surface area contributed by atoms with Crippen molar-refractivity contribution in [2.45, 2.75) is 50.9 Å². The molecule has 1 unspecified atom stereocenters. The summed E-state index contributed by atoms with van der Waals surface area (Å²) in [5.41, 5.74) is 2.13. The Morgan fingerprint density at radius 1 is 1.38 bits per heavy atom. The van der Waals surface area contributed by atoms with Crippen molar-refractivity contribution >= 4 is 23.6 Å². The third-order valence-electron chi connectivity index (χ3n) is 3.88. The van der Waals surface area contributed by atoms with Gasteiger partial charge in [-0.05, 0) is 39.3 Å². The van der Waals surface area contributed by atoms with Crippen LogP contribution < -0.4 is 5.32 Å². The number of nitrogens with zero attached hydrogens (tertiary/aromatic N) is 2. The highest BCUT2D eigenvalue weighted by Crippen LogP contribution is 2.27. The van der Waals surface area contributed by atoms with E-state index in [0.717, 1.165) is 23.4 Å². The van der Waals surface area contributed by atoms with E-state index in [1.165, 1.54) is 11.8 Å². The molecule has 0 bridgehead atoms. The summed E-state index contributed by atoms with van der Waals surface area (Å²) in [5.74, 6) is 0.435. The van der Waals surface area contributed by atoms with E-state index >= 15 is 0 Å². The summed E-state index contributed by atoms with van der Waals surface area (Å²) in [6, 6.07) is 3.34. The Bertz CT molecular complexity index is 756. The van der Waals surface area contributed by atoms with Gasteiger partial charge in [-0.1, -0.05) is 12.1 Å². The van der Waals surface area contributed by atoms with Crippen molar-refractivity contribution in [1.82, 2.24) is 15.5 Å². The fourth-order valence-electron chi connectivity index (χ4n) is 2.14. The van der Waals surface area contributed by atoms with Crippen LogP contribution in [-0.4, -0.2) is 34.7 Å². The van der Waals surface area contributed by atoms with Crippen LogP contribution in [0.25, 0.3) is 0 Å². The highest BCUT2D eigenvalue weighted by atomic mass is 32.2. The lowest BCUT2D eigenvalue weighted by Gasteiger charge is -2.12. The van der Waals surface area contributed by atoms with E-state index in [9.17, 15) is 9.59 Å². The fraction of sp³-hybridized carbons (Fsp3) is 0.444. The molecule has 0 spiro atoms. The topological polar surface area (TPSA) is 94.3 Å². The average Bonchev–Trinajstić information content (AvgIpc) is 2.96. The van der Waals surface area contributed by atoms with Crippen LogP contribution in [0.15, 0.2) is 27.9 Å². The molecule has 7 nitrogen and oxygen atoms in total. The van der Waals surface area contributed by atoms with Gasteiger partial charge < -0.3 is 14.6 Å². The van der Waals surface area contributed by atoms with Crippen molar-refractivity contribution in [2.24, 2.45) is 0 Å². The first kappa shape index (κ1) is 20.0. The molecule has 0 aliphatic rings. The van der Waals surface area contributed by atoms with E-state index in [0.29, 0.717) is 16.3 Å². The van der Waals surface area contributed by atoms with Crippen LogP contribution in [0.1, 0.15) is 47.6 Å². The number of aryl methyl sites for hydroxylation is 2. The summed E-state index contributed by atoms with van der Waals surface area (Å²) in [6.07, 6.45) is 2.42. The Kier molecular flexibility index (Phi) is 7.20. The Labute approximate surface area is 156 Å². The number of hydrogen-bond acceptors (Lipinski definition) is 7. The number of aromatic nitrogens is 2. The van der Waals surface area contributed by atoms with Crippen molar-refractivity contribution in [2.75, 3.05) is 6.61 Å². The van der Waals surface area contributed by atoms with Crippen molar-refractivity contribution in [3.05, 3.63) is 40.9 Å². The van der Waals surface area contributed by atoms with Gasteiger partial charge in [-0.2, -0.15) is 0 Å². The van der Waals surface area contributed by atoms with Gasteiger partial charge in [0.05, 0.1) is 11.3 Å². The van der Waals surface area contributed by atoms with Crippen LogP contribution in [0.2, 0.25) is 0 Å². The first-order valence-corrected chi connectivity index (χ1v) is 9.37. The highest BCUT2D eigenvalue weighted by Gasteiger charge is 2.18. The minimum atomic E-state index is -0.571. The van der Waals surface area contributed by atoms with E-state index in [4.69, 9.17) is 9.26 Å². The maximum absolute atomic E-state index is 12.3. The molecule has 0 aliphatic carbocycles. The second kappa shape index (κ2) is 9.38. The minimum Gasteiger partial charge on any atom is -0.452 e. The molecular weight excluding hydrogens is 354 g/mol. The SMILES string of the molecule is CCC(C)NC(=O)COC(=O)c1cccnc1SCc1c(C)noc1C. The zero-order chi connectivity index (χ0) is 19.1. The van der Waals surface area contributed by atoms with E-state index in [2.05, 4.69) is 15.5 Å². The largest absolute Gasteiger partial charge is 0.452 e. The second-order valence-electron chi connectivity index (χ2n) is 5.90. The quantitative estimate of drug-likeness (QED) is 0.558. The number of carbonyl (C=O) groups is 2. The van der Waals surface area contributed by atoms with E-state index < -0.39 is 5.97 Å². The molecule has 0 aromatic carbocycles. The first-order chi connectivity index (χ1) is 12.4. The number of esters is 1. The van der Waals surface area contributed by atoms with Gasteiger partial charge in [-0.3, -0.25) is 4.79 Å². The molecule has 8 heteroatoms. The molecule has 2 heterocycles. The first-order valence-electron chi connectivity index (χ1n) is 8.38. The van der Waals surface area contributed by atoms with Crippen molar-refractivity contribution < 1.29 is 18.8 Å². The number of hydrogen-bond donors (Lipinski definition) is 1. The van der Waals surface area contributed by atoms with Crippen LogP contribution in [0, 0.1) is 13.8 Å². The molecule has 0 saturated heterocycles. The van der Waals surface area contributed by atoms with Gasteiger partial charge in [0.25, 0.3) is 5.91 Å². The molecule has 1 N–H and O–H groups in total. The molecule has 0 saturated carbocycles. The van der Waals surface area contributed by atoms with Crippen LogP contribution >= 0.6 is 11.8 Å². The molecule has 1 atom stereocenters. The van der Waals surface area contributed by atoms with E-state index in [1.807, 2.05) is 27.7 Å². The van der Waals surface area contributed by atoms with Crippen LogP contribution in [0.5, 0.6) is 0 Å². The number of ether oxygens (including phenoxy) is 1. The minimum absolute atomic E-state index is 0.0424. The fourth-order valence-corrected chi connectivity index (χ4v) is 3.27. The Hall–Kier alpha value is -2.35. The predicted octanol–water partition coefficient (Wildman–Crippen LogP) is 3.05. The van der Waals surface area contributed by atoms with Crippen LogP contribution in [0.4, 0.5) is 0 Å². The number of thioether (sulfide) groups is 1. The number of amides is 1. The monoisotopic (exact) mass is 377 g/mol. The lowest BCUT2D eigenvalue weighted by molar-refractivity contribution is -0.124. The summed E-state index contributed by atoms with van der Waals surface area (Å²) in [4.78, 5) is 28.4. The molecule has 2 aromatic heterocycles. The Balaban J connectivity index is 1.99. The molecule has 2 aromatic rings. The molecule has 140 valence electrons. The van der Waals surface area contributed by atoms with Crippen molar-refractivity contribution in [1.29, 1.82) is 0 Å². The van der Waals surface area contributed by atoms with Crippen molar-refractivity contribution in [3.8, 4) is 0 Å². The number of carbonyl (C=O) groups excluding carboxylic acids is 2. The van der Waals surface area contributed by atoms with Gasteiger partial charge in [-0.15, -0.1) is 11.8 Å². The predicted molar refractivity (Wildman–Crippen MR) is 98.0 cm³/mol. The van der Waals surface area contributed by atoms with Gasteiger partial charge in [0.15, 0.2) is 6.61 Å². The maximum Gasteiger partial charge on any atom is 0.341 e. The lowest BCUT2D eigenvalue weighted by Crippen LogP contribution is -2.35. The van der Waals surface area contributed by atoms with Gasteiger partial charge >= 0.3 is 5.97 Å². The Morgan fingerprint density at radius 3 is 2.81 bits per heavy atom. The highest BCUT2D eigenvalue weighted by molar-refractivity contribution is 7.98. The maximum atomic E-state index is 12.3. The normalized spacial score (nSPS) is 11.8. The summed E-state index contributed by atoms with van der Waals surface area (Å²) in [5, 5.41) is 7.21. The van der Waals surface area contributed by atoms with Gasteiger partial charge in [0.1, 0.15) is 10.8 Å². The standard InChI is InChI=1S/C18H23N3O4S/c1-5-11(2)20-16(22)9-24-18(23)14-7-6-8-19-17(14)26-10-15-12(3)21-25-13(15)4/h6-8,11H,5,9-10H2,1-4H3,(H,20,22). The molecule has 0 aliphatic heterocycles. The molecule has 26 heavy (non-hydrogen) atoms. The van der Waals surface area contributed by atoms with Crippen LogP contribution in [-0.2, 0) is 15.3 Å². The summed E-state index contributed by atoms with van der Waals surface area (Å²) in [7, 11) is 0. The molecule has 0 radical (unpaired) electrons. The molecule has 1 amide bonds. The van der Waals surface area contributed by atoms with Gasteiger partial charge in [0.2, 0.25) is 0 Å². The number of nitrogens with one attached hydrogen (secondary N) is 1.